The van der Waals surface area contributed by atoms with Gasteiger partial charge < -0.3 is 0 Å². The lowest BCUT2D eigenvalue weighted by Crippen LogP contribution is -2.12. The molecule has 0 saturated carbocycles. The van der Waals surface area contributed by atoms with E-state index in [1.165, 1.54) is 23.9 Å². The van der Waals surface area contributed by atoms with Gasteiger partial charge in [0.1, 0.15) is 0 Å². The highest BCUT2D eigenvalue weighted by atomic mass is 79.9. The summed E-state index contributed by atoms with van der Waals surface area (Å²) in [6.45, 7) is 1.59. The standard InChI is InChI=1S/C11H12BrN3O2S2/c1-3-19(16,17)8-4-5-9(12)10(6-8)15-11(18-2)14-7-13/h4-6H,3H2,1-2H3,(H,14,15). The van der Waals surface area contributed by atoms with Crippen LogP contribution in [0.1, 0.15) is 6.92 Å². The molecule has 0 atom stereocenters. The maximum Gasteiger partial charge on any atom is 0.183 e. The summed E-state index contributed by atoms with van der Waals surface area (Å²) in [6, 6.07) is 4.64. The van der Waals surface area contributed by atoms with Crippen molar-refractivity contribution in [2.75, 3.05) is 12.0 Å². The minimum Gasteiger partial charge on any atom is -0.271 e. The van der Waals surface area contributed by atoms with E-state index in [1.54, 1.807) is 25.4 Å². The largest absolute Gasteiger partial charge is 0.271 e. The maximum atomic E-state index is 11.8. The van der Waals surface area contributed by atoms with Crippen molar-refractivity contribution in [3.8, 4) is 6.19 Å². The van der Waals surface area contributed by atoms with Crippen molar-refractivity contribution < 1.29 is 8.42 Å². The molecule has 19 heavy (non-hydrogen) atoms. The summed E-state index contributed by atoms with van der Waals surface area (Å²) in [5.74, 6) is 0.0314. The third-order valence-corrected chi connectivity index (χ3v) is 5.22. The normalized spacial score (nSPS) is 12.0. The molecular weight excluding hydrogens is 350 g/mol. The number of amidine groups is 1. The Balaban J connectivity index is 3.30. The number of nitriles is 1. The molecule has 0 unspecified atom stereocenters. The maximum absolute atomic E-state index is 11.8. The van der Waals surface area contributed by atoms with Crippen molar-refractivity contribution in [1.29, 1.82) is 5.26 Å². The molecule has 0 aromatic heterocycles. The minimum absolute atomic E-state index is 0.0314. The number of hydrogen-bond donors (Lipinski definition) is 1. The summed E-state index contributed by atoms with van der Waals surface area (Å²) in [6.07, 6.45) is 3.55. The third kappa shape index (κ3) is 4.23. The predicted octanol–water partition coefficient (Wildman–Crippen LogP) is 2.66. The monoisotopic (exact) mass is 361 g/mol. The summed E-state index contributed by atoms with van der Waals surface area (Å²) in [4.78, 5) is 4.43. The summed E-state index contributed by atoms with van der Waals surface area (Å²) >= 11 is 4.57. The zero-order valence-corrected chi connectivity index (χ0v) is 13.6. The molecule has 102 valence electrons. The smallest absolute Gasteiger partial charge is 0.183 e. The van der Waals surface area contributed by atoms with E-state index in [9.17, 15) is 8.42 Å². The van der Waals surface area contributed by atoms with Gasteiger partial charge in [-0.2, -0.15) is 5.26 Å². The highest BCUT2D eigenvalue weighted by molar-refractivity contribution is 9.10. The number of rotatable bonds is 3. The molecule has 0 radical (unpaired) electrons. The average molecular weight is 362 g/mol. The van der Waals surface area contributed by atoms with Crippen molar-refractivity contribution >= 4 is 48.4 Å². The first-order chi connectivity index (χ1) is 8.94. The molecule has 5 nitrogen and oxygen atoms in total. The van der Waals surface area contributed by atoms with Gasteiger partial charge in [0.05, 0.1) is 16.3 Å². The Labute approximate surface area is 125 Å². The third-order valence-electron chi connectivity index (χ3n) is 2.23. The van der Waals surface area contributed by atoms with Gasteiger partial charge in [0, 0.05) is 4.47 Å². The van der Waals surface area contributed by atoms with E-state index in [-0.39, 0.29) is 10.6 Å². The van der Waals surface area contributed by atoms with Crippen molar-refractivity contribution in [1.82, 2.24) is 5.32 Å². The predicted molar refractivity (Wildman–Crippen MR) is 81.2 cm³/mol. The quantitative estimate of drug-likeness (QED) is 0.387. The van der Waals surface area contributed by atoms with Crippen LogP contribution in [0.4, 0.5) is 5.69 Å². The molecule has 0 aliphatic heterocycles. The van der Waals surface area contributed by atoms with Crippen molar-refractivity contribution in [3.05, 3.63) is 22.7 Å². The Morgan fingerprint density at radius 2 is 2.26 bits per heavy atom. The zero-order chi connectivity index (χ0) is 14.5. The van der Waals surface area contributed by atoms with E-state index in [1.807, 2.05) is 0 Å². The van der Waals surface area contributed by atoms with Crippen LogP contribution in [0.15, 0.2) is 32.6 Å². The molecule has 0 amide bonds. The Morgan fingerprint density at radius 3 is 2.79 bits per heavy atom. The zero-order valence-electron chi connectivity index (χ0n) is 10.3. The van der Waals surface area contributed by atoms with Gasteiger partial charge in [-0.3, -0.25) is 5.32 Å². The van der Waals surface area contributed by atoms with Gasteiger partial charge in [0.25, 0.3) is 0 Å². The van der Waals surface area contributed by atoms with Gasteiger partial charge in [-0.25, -0.2) is 13.4 Å². The molecule has 0 heterocycles. The minimum atomic E-state index is -3.27. The fourth-order valence-electron chi connectivity index (χ4n) is 1.22. The van der Waals surface area contributed by atoms with Gasteiger partial charge in [-0.15, -0.1) is 0 Å². The Kier molecular flexibility index (Phi) is 5.85. The van der Waals surface area contributed by atoms with Crippen LogP contribution in [-0.2, 0) is 9.84 Å². The van der Waals surface area contributed by atoms with E-state index < -0.39 is 9.84 Å². The first-order valence-corrected chi connectivity index (χ1v) is 8.91. The van der Waals surface area contributed by atoms with E-state index >= 15 is 0 Å². The Morgan fingerprint density at radius 1 is 1.58 bits per heavy atom. The van der Waals surface area contributed by atoms with Gasteiger partial charge in [-0.05, 0) is 40.4 Å². The number of nitrogens with zero attached hydrogens (tertiary/aromatic N) is 2. The Bertz CT molecular complexity index is 636. The summed E-state index contributed by atoms with van der Waals surface area (Å²) in [7, 11) is -3.27. The number of hydrogen-bond acceptors (Lipinski definition) is 5. The number of aliphatic imine (C=N–C) groups is 1. The number of halogens is 1. The fourth-order valence-corrected chi connectivity index (χ4v) is 2.79. The number of sulfone groups is 1. The van der Waals surface area contributed by atoms with Crippen LogP contribution < -0.4 is 5.32 Å². The molecular formula is C11H12BrN3O2S2. The molecule has 0 aliphatic rings. The number of nitrogens with one attached hydrogen (secondary N) is 1. The fraction of sp³-hybridized carbons (Fsp3) is 0.273. The van der Waals surface area contributed by atoms with Gasteiger partial charge >= 0.3 is 0 Å². The summed E-state index contributed by atoms with van der Waals surface area (Å²) < 4.78 is 24.3. The molecule has 0 bridgehead atoms. The average Bonchev–Trinajstić information content (AvgIpc) is 2.40. The molecule has 0 saturated heterocycles. The molecule has 0 aliphatic carbocycles. The van der Waals surface area contributed by atoms with E-state index in [0.717, 1.165) is 0 Å². The van der Waals surface area contributed by atoms with E-state index in [0.29, 0.717) is 15.3 Å². The first-order valence-electron chi connectivity index (χ1n) is 5.24. The lowest BCUT2D eigenvalue weighted by Gasteiger charge is -2.06. The van der Waals surface area contributed by atoms with Gasteiger partial charge in [0.15, 0.2) is 21.2 Å². The van der Waals surface area contributed by atoms with Crippen LogP contribution in [0.25, 0.3) is 0 Å². The first kappa shape index (κ1) is 16.0. The molecule has 1 aromatic carbocycles. The second kappa shape index (κ2) is 6.93. The van der Waals surface area contributed by atoms with Crippen LogP contribution in [0.3, 0.4) is 0 Å². The second-order valence-electron chi connectivity index (χ2n) is 3.37. The van der Waals surface area contributed by atoms with Crippen LogP contribution in [0.5, 0.6) is 0 Å². The van der Waals surface area contributed by atoms with Crippen molar-refractivity contribution in [2.24, 2.45) is 4.99 Å². The van der Waals surface area contributed by atoms with Crippen molar-refractivity contribution in [2.45, 2.75) is 11.8 Å². The van der Waals surface area contributed by atoms with Crippen LogP contribution in [0, 0.1) is 11.5 Å². The highest BCUT2D eigenvalue weighted by Gasteiger charge is 2.13. The molecule has 0 fully saturated rings. The summed E-state index contributed by atoms with van der Waals surface area (Å²) in [5.41, 5.74) is 0.460. The molecule has 1 aromatic rings. The van der Waals surface area contributed by atoms with Crippen LogP contribution in [-0.4, -0.2) is 25.6 Å². The number of thioether (sulfide) groups is 1. The molecule has 1 rings (SSSR count). The molecule has 1 N–H and O–H groups in total. The van der Waals surface area contributed by atoms with E-state index in [4.69, 9.17) is 5.26 Å². The topological polar surface area (TPSA) is 82.3 Å². The van der Waals surface area contributed by atoms with Crippen molar-refractivity contribution in [3.63, 3.8) is 0 Å². The van der Waals surface area contributed by atoms with Gasteiger partial charge in [-0.1, -0.05) is 18.7 Å². The summed E-state index contributed by atoms with van der Waals surface area (Å²) in [5, 5.41) is 11.4. The van der Waals surface area contributed by atoms with Crippen LogP contribution >= 0.6 is 27.7 Å². The lowest BCUT2D eigenvalue weighted by molar-refractivity contribution is 0.597. The molecule has 8 heteroatoms. The van der Waals surface area contributed by atoms with Crippen LogP contribution in [0.2, 0.25) is 0 Å². The lowest BCUT2D eigenvalue weighted by atomic mass is 10.3. The SMILES string of the molecule is CCS(=O)(=O)c1ccc(Br)c(N=C(NC#N)SC)c1. The molecule has 0 spiro atoms. The second-order valence-corrected chi connectivity index (χ2v) is 7.30. The highest BCUT2D eigenvalue weighted by Crippen LogP contribution is 2.29. The van der Waals surface area contributed by atoms with Gasteiger partial charge in [0.2, 0.25) is 0 Å². The Hall–Kier alpha value is -1.04. The number of benzene rings is 1. The van der Waals surface area contributed by atoms with E-state index in [2.05, 4.69) is 26.2 Å².